The number of aliphatic hydroxyl groups is 1. The maximum Gasteiger partial charge on any atom is 0.198 e. The van der Waals surface area contributed by atoms with Crippen molar-refractivity contribution < 1.29 is 24.1 Å². The molecule has 6 heteroatoms. The minimum Gasteiger partial charge on any atom is -0.493 e. The molecular weight excluding hydrogens is 382 g/mol. The first-order chi connectivity index (χ1) is 14.4. The van der Waals surface area contributed by atoms with Gasteiger partial charge in [-0.15, -0.1) is 0 Å². The quantitative estimate of drug-likeness (QED) is 0.736. The van der Waals surface area contributed by atoms with Gasteiger partial charge in [-0.2, -0.15) is 0 Å². The zero-order valence-electron chi connectivity index (χ0n) is 17.7. The van der Waals surface area contributed by atoms with Crippen LogP contribution in [0.1, 0.15) is 42.6 Å². The molecule has 0 aromatic heterocycles. The van der Waals surface area contributed by atoms with Gasteiger partial charge in [0.25, 0.3) is 0 Å². The Balaban J connectivity index is 1.75. The third-order valence-electron chi connectivity index (χ3n) is 6.05. The van der Waals surface area contributed by atoms with Crippen molar-refractivity contribution in [1.29, 1.82) is 0 Å². The lowest BCUT2D eigenvalue weighted by Gasteiger charge is -2.51. The first-order valence-corrected chi connectivity index (χ1v) is 10.5. The van der Waals surface area contributed by atoms with Crippen molar-refractivity contribution >= 4 is 5.78 Å². The van der Waals surface area contributed by atoms with Gasteiger partial charge in [0.15, 0.2) is 22.9 Å². The van der Waals surface area contributed by atoms with E-state index in [9.17, 15) is 9.90 Å². The molecule has 6 nitrogen and oxygen atoms in total. The van der Waals surface area contributed by atoms with Gasteiger partial charge in [0, 0.05) is 24.8 Å². The highest BCUT2D eigenvalue weighted by atomic mass is 16.5. The molecule has 0 amide bonds. The van der Waals surface area contributed by atoms with Crippen LogP contribution < -0.4 is 19.5 Å². The lowest BCUT2D eigenvalue weighted by atomic mass is 9.67. The number of ketones is 1. The van der Waals surface area contributed by atoms with Crippen LogP contribution in [0.4, 0.5) is 0 Å². The van der Waals surface area contributed by atoms with E-state index in [4.69, 9.17) is 14.2 Å². The Morgan fingerprint density at radius 1 is 1.13 bits per heavy atom. The summed E-state index contributed by atoms with van der Waals surface area (Å²) in [6, 6.07) is 12.7. The number of hydrogen-bond acceptors (Lipinski definition) is 6. The van der Waals surface area contributed by atoms with E-state index in [1.807, 2.05) is 38.1 Å². The molecule has 2 aromatic rings. The van der Waals surface area contributed by atoms with Crippen molar-refractivity contribution in [1.82, 2.24) is 5.32 Å². The van der Waals surface area contributed by atoms with Gasteiger partial charge in [-0.1, -0.05) is 18.2 Å². The van der Waals surface area contributed by atoms with E-state index in [0.717, 1.165) is 11.3 Å². The normalized spacial score (nSPS) is 22.3. The molecule has 4 rings (SSSR count). The van der Waals surface area contributed by atoms with E-state index in [-0.39, 0.29) is 18.3 Å². The van der Waals surface area contributed by atoms with E-state index in [1.54, 1.807) is 25.3 Å². The van der Waals surface area contributed by atoms with E-state index in [2.05, 4.69) is 5.32 Å². The molecule has 0 saturated carbocycles. The van der Waals surface area contributed by atoms with E-state index in [0.29, 0.717) is 43.0 Å². The number of hydrogen-bond donors (Lipinski definition) is 2. The van der Waals surface area contributed by atoms with Gasteiger partial charge < -0.3 is 24.6 Å². The SMILES string of the molecule is COc1cc(C(=O)C2(O)Cc3ccccc3OC23CCNCC3)ccc1OC(C)C. The van der Waals surface area contributed by atoms with Crippen molar-refractivity contribution in [2.75, 3.05) is 20.2 Å². The Kier molecular flexibility index (Phi) is 5.47. The van der Waals surface area contributed by atoms with Gasteiger partial charge in [0.1, 0.15) is 11.4 Å². The highest BCUT2D eigenvalue weighted by Gasteiger charge is 2.60. The second-order valence-electron chi connectivity index (χ2n) is 8.35. The summed E-state index contributed by atoms with van der Waals surface area (Å²) < 4.78 is 17.6. The number of ether oxygens (including phenoxy) is 3. The van der Waals surface area contributed by atoms with Gasteiger partial charge in [-0.05, 0) is 56.8 Å². The van der Waals surface area contributed by atoms with E-state index in [1.165, 1.54) is 0 Å². The molecule has 0 radical (unpaired) electrons. The van der Waals surface area contributed by atoms with Crippen molar-refractivity contribution in [3.63, 3.8) is 0 Å². The molecular formula is C24H29NO5. The van der Waals surface area contributed by atoms with Crippen LogP contribution >= 0.6 is 0 Å². The lowest BCUT2D eigenvalue weighted by molar-refractivity contribution is -0.132. The number of nitrogens with one attached hydrogen (secondary N) is 1. The number of carbonyl (C=O) groups is 1. The van der Waals surface area contributed by atoms with E-state index < -0.39 is 11.2 Å². The van der Waals surface area contributed by atoms with Crippen molar-refractivity contribution in [2.24, 2.45) is 0 Å². The predicted octanol–water partition coefficient (Wildman–Crippen LogP) is 3.15. The number of methoxy groups -OCH3 is 1. The highest BCUT2D eigenvalue weighted by Crippen LogP contribution is 2.46. The second-order valence-corrected chi connectivity index (χ2v) is 8.35. The molecule has 1 saturated heterocycles. The Morgan fingerprint density at radius 3 is 2.57 bits per heavy atom. The summed E-state index contributed by atoms with van der Waals surface area (Å²) in [4.78, 5) is 13.8. The summed E-state index contributed by atoms with van der Waals surface area (Å²) in [7, 11) is 1.54. The van der Waals surface area contributed by atoms with Crippen LogP contribution in [0.25, 0.3) is 0 Å². The molecule has 30 heavy (non-hydrogen) atoms. The van der Waals surface area contributed by atoms with Gasteiger partial charge in [-0.3, -0.25) is 4.79 Å². The Bertz CT molecular complexity index is 935. The summed E-state index contributed by atoms with van der Waals surface area (Å²) in [6.45, 7) is 5.22. The van der Waals surface area contributed by atoms with Crippen molar-refractivity contribution in [3.05, 3.63) is 53.6 Å². The minimum absolute atomic E-state index is 0.0223. The van der Waals surface area contributed by atoms with Gasteiger partial charge >= 0.3 is 0 Å². The molecule has 1 atom stereocenters. The maximum atomic E-state index is 13.8. The smallest absolute Gasteiger partial charge is 0.198 e. The Labute approximate surface area is 177 Å². The number of para-hydroxylation sites is 1. The summed E-state index contributed by atoms with van der Waals surface area (Å²) in [5.74, 6) is 1.43. The Morgan fingerprint density at radius 2 is 1.87 bits per heavy atom. The molecule has 2 heterocycles. The van der Waals surface area contributed by atoms with Crippen LogP contribution in [-0.4, -0.2) is 48.4 Å². The zero-order chi connectivity index (χ0) is 21.4. The number of fused-ring (bicyclic) bond motifs is 1. The fourth-order valence-electron chi connectivity index (χ4n) is 4.51. The molecule has 1 spiro atoms. The van der Waals surface area contributed by atoms with Gasteiger partial charge in [-0.25, -0.2) is 0 Å². The summed E-state index contributed by atoms with van der Waals surface area (Å²) >= 11 is 0. The molecule has 2 aliphatic heterocycles. The molecule has 1 unspecified atom stereocenters. The van der Waals surface area contributed by atoms with Crippen LogP contribution in [0.15, 0.2) is 42.5 Å². The van der Waals surface area contributed by atoms with Crippen molar-refractivity contribution in [3.8, 4) is 17.2 Å². The third-order valence-corrected chi connectivity index (χ3v) is 6.05. The summed E-state index contributed by atoms with van der Waals surface area (Å²) in [5.41, 5.74) is -1.42. The minimum atomic E-state index is -1.67. The highest BCUT2D eigenvalue weighted by molar-refractivity contribution is 6.04. The first kappa shape index (κ1) is 20.7. The molecule has 0 aliphatic carbocycles. The molecule has 2 N–H and O–H groups in total. The molecule has 0 bridgehead atoms. The predicted molar refractivity (Wildman–Crippen MR) is 114 cm³/mol. The number of carbonyl (C=O) groups excluding carboxylic acids is 1. The topological polar surface area (TPSA) is 77.0 Å². The second kappa shape index (κ2) is 7.93. The van der Waals surface area contributed by atoms with Crippen LogP contribution in [0, 0.1) is 0 Å². The number of benzene rings is 2. The summed E-state index contributed by atoms with van der Waals surface area (Å²) in [5, 5.41) is 15.2. The van der Waals surface area contributed by atoms with Crippen LogP contribution in [0.2, 0.25) is 0 Å². The van der Waals surface area contributed by atoms with E-state index >= 15 is 0 Å². The fourth-order valence-corrected chi connectivity index (χ4v) is 4.51. The molecule has 160 valence electrons. The first-order valence-electron chi connectivity index (χ1n) is 10.5. The van der Waals surface area contributed by atoms with Crippen LogP contribution in [-0.2, 0) is 6.42 Å². The van der Waals surface area contributed by atoms with Crippen molar-refractivity contribution in [2.45, 2.75) is 50.4 Å². The monoisotopic (exact) mass is 411 g/mol. The number of rotatable bonds is 5. The maximum absolute atomic E-state index is 13.8. The average Bonchev–Trinajstić information content (AvgIpc) is 2.74. The zero-order valence-corrected chi connectivity index (χ0v) is 17.7. The number of piperidine rings is 1. The van der Waals surface area contributed by atoms with Gasteiger partial charge in [0.2, 0.25) is 0 Å². The lowest BCUT2D eigenvalue weighted by Crippen LogP contribution is -2.68. The largest absolute Gasteiger partial charge is 0.493 e. The van der Waals surface area contributed by atoms with Crippen LogP contribution in [0.3, 0.4) is 0 Å². The van der Waals surface area contributed by atoms with Crippen LogP contribution in [0.5, 0.6) is 17.2 Å². The summed E-state index contributed by atoms with van der Waals surface area (Å²) in [6.07, 6.45) is 1.30. The standard InChI is InChI=1S/C24H29NO5/c1-16(2)29-20-9-8-17(14-21(20)28-3)22(26)24(27)15-18-6-4-5-7-19(18)30-23(24)10-12-25-13-11-23/h4-9,14,16,25,27H,10-13,15H2,1-3H3. The Hall–Kier alpha value is -2.57. The third kappa shape index (κ3) is 3.44. The molecule has 2 aromatic carbocycles. The fraction of sp³-hybridized carbons (Fsp3) is 0.458. The van der Waals surface area contributed by atoms with Gasteiger partial charge in [0.05, 0.1) is 13.2 Å². The average molecular weight is 411 g/mol. The number of Topliss-reactive ketones (excluding diaryl/α,β-unsaturated/α-hetero) is 1. The molecule has 2 aliphatic rings. The molecule has 1 fully saturated rings.